The molecule has 5 heteroatoms. The molecular formula is C14H18N2O2S. The van der Waals surface area contributed by atoms with Crippen molar-refractivity contribution >= 4 is 11.8 Å². The Morgan fingerprint density at radius 2 is 1.89 bits per heavy atom. The van der Waals surface area contributed by atoms with Crippen LogP contribution in [0.15, 0.2) is 28.7 Å². The molecule has 0 amide bonds. The van der Waals surface area contributed by atoms with Gasteiger partial charge in [-0.15, -0.1) is 22.0 Å². The van der Waals surface area contributed by atoms with E-state index in [9.17, 15) is 0 Å². The van der Waals surface area contributed by atoms with E-state index in [-0.39, 0.29) is 5.25 Å². The number of hydrogen-bond acceptors (Lipinski definition) is 5. The number of para-hydroxylation sites is 1. The molecule has 0 aliphatic rings. The average Bonchev–Trinajstić information content (AvgIpc) is 2.85. The second-order valence-electron chi connectivity index (χ2n) is 4.32. The summed E-state index contributed by atoms with van der Waals surface area (Å²) in [6.07, 6.45) is 0. The molecule has 0 radical (unpaired) electrons. The van der Waals surface area contributed by atoms with Crippen LogP contribution in [-0.4, -0.2) is 17.3 Å². The Bertz CT molecular complexity index is 542. The molecular weight excluding hydrogens is 260 g/mol. The summed E-state index contributed by atoms with van der Waals surface area (Å²) in [5, 5.41) is 8.38. The predicted octanol–water partition coefficient (Wildman–Crippen LogP) is 3.94. The van der Waals surface area contributed by atoms with Crippen LogP contribution < -0.4 is 4.74 Å². The zero-order valence-corrected chi connectivity index (χ0v) is 12.4. The highest BCUT2D eigenvalue weighted by atomic mass is 32.2. The molecule has 0 saturated heterocycles. The average molecular weight is 278 g/mol. The Morgan fingerprint density at radius 1 is 1.16 bits per heavy atom. The van der Waals surface area contributed by atoms with Gasteiger partial charge in [-0.1, -0.05) is 18.2 Å². The summed E-state index contributed by atoms with van der Waals surface area (Å²) in [7, 11) is 1.70. The van der Waals surface area contributed by atoms with Gasteiger partial charge in [-0.2, -0.15) is 0 Å². The van der Waals surface area contributed by atoms with E-state index in [0.29, 0.717) is 17.0 Å². The number of nitrogens with zero attached hydrogens (tertiary/aromatic N) is 2. The van der Waals surface area contributed by atoms with Crippen LogP contribution in [0.25, 0.3) is 0 Å². The normalized spacial score (nSPS) is 14.1. The molecule has 102 valence electrons. The van der Waals surface area contributed by atoms with E-state index in [1.54, 1.807) is 25.8 Å². The van der Waals surface area contributed by atoms with Crippen LogP contribution >= 0.6 is 11.8 Å². The highest BCUT2D eigenvalue weighted by Crippen LogP contribution is 2.42. The first-order valence-corrected chi connectivity index (χ1v) is 7.14. The van der Waals surface area contributed by atoms with Crippen molar-refractivity contribution in [1.82, 2.24) is 10.2 Å². The number of rotatable bonds is 5. The maximum absolute atomic E-state index is 5.46. The quantitative estimate of drug-likeness (QED) is 0.829. The Kier molecular flexibility index (Phi) is 4.47. The van der Waals surface area contributed by atoms with Crippen molar-refractivity contribution in [3.8, 4) is 5.75 Å². The van der Waals surface area contributed by atoms with Gasteiger partial charge in [0.25, 0.3) is 0 Å². The Balaban J connectivity index is 2.10. The lowest BCUT2D eigenvalue weighted by atomic mass is 10.1. The molecule has 4 nitrogen and oxygen atoms in total. The molecule has 0 spiro atoms. The Morgan fingerprint density at radius 3 is 2.53 bits per heavy atom. The summed E-state index contributed by atoms with van der Waals surface area (Å²) in [5.41, 5.74) is 1.18. The largest absolute Gasteiger partial charge is 0.496 e. The topological polar surface area (TPSA) is 48.2 Å². The molecule has 1 aromatic carbocycles. The predicted molar refractivity (Wildman–Crippen MR) is 76.5 cm³/mol. The summed E-state index contributed by atoms with van der Waals surface area (Å²) in [4.78, 5) is 0. The van der Waals surface area contributed by atoms with E-state index in [1.165, 1.54) is 5.56 Å². The molecule has 2 atom stereocenters. The van der Waals surface area contributed by atoms with Crippen LogP contribution in [0.1, 0.15) is 41.7 Å². The van der Waals surface area contributed by atoms with Crippen LogP contribution in [0.5, 0.6) is 5.75 Å². The van der Waals surface area contributed by atoms with Gasteiger partial charge in [0.1, 0.15) is 5.75 Å². The number of benzene rings is 1. The molecule has 0 aliphatic carbocycles. The lowest BCUT2D eigenvalue weighted by molar-refractivity contribution is 0.410. The van der Waals surface area contributed by atoms with Gasteiger partial charge in [0.05, 0.1) is 12.4 Å². The number of aryl methyl sites for hydroxylation is 1. The number of methoxy groups -OCH3 is 1. The maximum Gasteiger partial charge on any atom is 0.229 e. The number of aromatic nitrogens is 2. The number of hydrogen-bond donors (Lipinski definition) is 0. The molecule has 0 fully saturated rings. The SMILES string of the molecule is COc1ccccc1[C@H](C)S[C@H](C)c1nnc(C)o1. The van der Waals surface area contributed by atoms with Gasteiger partial charge in [-0.3, -0.25) is 0 Å². The summed E-state index contributed by atoms with van der Waals surface area (Å²) < 4.78 is 10.9. The second kappa shape index (κ2) is 6.10. The zero-order chi connectivity index (χ0) is 13.8. The van der Waals surface area contributed by atoms with Gasteiger partial charge < -0.3 is 9.15 Å². The van der Waals surface area contributed by atoms with Gasteiger partial charge in [0.2, 0.25) is 11.8 Å². The van der Waals surface area contributed by atoms with E-state index < -0.39 is 0 Å². The van der Waals surface area contributed by atoms with Crippen molar-refractivity contribution in [1.29, 1.82) is 0 Å². The molecule has 0 unspecified atom stereocenters. The maximum atomic E-state index is 5.46. The summed E-state index contributed by atoms with van der Waals surface area (Å²) >= 11 is 1.77. The smallest absolute Gasteiger partial charge is 0.229 e. The molecule has 0 bridgehead atoms. The number of ether oxygens (including phenoxy) is 1. The van der Waals surface area contributed by atoms with Crippen LogP contribution in [0.2, 0.25) is 0 Å². The highest BCUT2D eigenvalue weighted by Gasteiger charge is 2.19. The van der Waals surface area contributed by atoms with Crippen molar-refractivity contribution < 1.29 is 9.15 Å². The fourth-order valence-electron chi connectivity index (χ4n) is 1.92. The first-order valence-electron chi connectivity index (χ1n) is 6.20. The van der Waals surface area contributed by atoms with Crippen LogP contribution in [0.4, 0.5) is 0 Å². The zero-order valence-electron chi connectivity index (χ0n) is 11.6. The third-order valence-electron chi connectivity index (χ3n) is 2.87. The molecule has 1 heterocycles. The minimum Gasteiger partial charge on any atom is -0.496 e. The van der Waals surface area contributed by atoms with Crippen molar-refractivity contribution in [3.63, 3.8) is 0 Å². The van der Waals surface area contributed by atoms with E-state index in [1.807, 2.05) is 18.2 Å². The summed E-state index contributed by atoms with van der Waals surface area (Å²) in [5.74, 6) is 2.19. The summed E-state index contributed by atoms with van der Waals surface area (Å²) in [6, 6.07) is 8.07. The highest BCUT2D eigenvalue weighted by molar-refractivity contribution is 7.99. The minimum absolute atomic E-state index is 0.154. The van der Waals surface area contributed by atoms with E-state index in [2.05, 4.69) is 30.1 Å². The molecule has 2 rings (SSSR count). The van der Waals surface area contributed by atoms with Crippen LogP contribution in [0, 0.1) is 6.92 Å². The first kappa shape index (κ1) is 13.9. The van der Waals surface area contributed by atoms with Crippen LogP contribution in [0.3, 0.4) is 0 Å². The van der Waals surface area contributed by atoms with E-state index >= 15 is 0 Å². The molecule has 1 aromatic heterocycles. The van der Waals surface area contributed by atoms with Crippen molar-refractivity contribution in [2.45, 2.75) is 31.3 Å². The lowest BCUT2D eigenvalue weighted by Gasteiger charge is -2.17. The molecule has 2 aromatic rings. The lowest BCUT2D eigenvalue weighted by Crippen LogP contribution is -1.97. The third-order valence-corrected chi connectivity index (χ3v) is 4.15. The first-order chi connectivity index (χ1) is 9.11. The van der Waals surface area contributed by atoms with Crippen molar-refractivity contribution in [3.05, 3.63) is 41.6 Å². The molecule has 0 N–H and O–H groups in total. The molecule has 19 heavy (non-hydrogen) atoms. The summed E-state index contributed by atoms with van der Waals surface area (Å²) in [6.45, 7) is 6.03. The minimum atomic E-state index is 0.154. The number of thioether (sulfide) groups is 1. The van der Waals surface area contributed by atoms with Gasteiger partial charge in [0.15, 0.2) is 0 Å². The third kappa shape index (κ3) is 3.29. The fourth-order valence-corrected chi connectivity index (χ4v) is 3.08. The van der Waals surface area contributed by atoms with Gasteiger partial charge >= 0.3 is 0 Å². The fraction of sp³-hybridized carbons (Fsp3) is 0.429. The standard InChI is InChI=1S/C14H18N2O2S/c1-9(12-7-5-6-8-13(12)17-4)19-10(2)14-16-15-11(3)18-14/h5-10H,1-4H3/t9-,10+/m0/s1. The van der Waals surface area contributed by atoms with E-state index in [0.717, 1.165) is 5.75 Å². The van der Waals surface area contributed by atoms with E-state index in [4.69, 9.17) is 9.15 Å². The second-order valence-corrected chi connectivity index (χ2v) is 6.01. The molecule has 0 aliphatic heterocycles. The molecule has 0 saturated carbocycles. The van der Waals surface area contributed by atoms with Gasteiger partial charge in [0, 0.05) is 17.7 Å². The van der Waals surface area contributed by atoms with Crippen LogP contribution in [-0.2, 0) is 0 Å². The Labute approximate surface area is 117 Å². The van der Waals surface area contributed by atoms with Crippen molar-refractivity contribution in [2.24, 2.45) is 0 Å². The van der Waals surface area contributed by atoms with Gasteiger partial charge in [-0.05, 0) is 19.9 Å². The van der Waals surface area contributed by atoms with Crippen molar-refractivity contribution in [2.75, 3.05) is 7.11 Å². The monoisotopic (exact) mass is 278 g/mol. The van der Waals surface area contributed by atoms with Gasteiger partial charge in [-0.25, -0.2) is 0 Å². The Hall–Kier alpha value is -1.49.